The quantitative estimate of drug-likeness (QED) is 0.869. The number of benzene rings is 2. The van der Waals surface area contributed by atoms with Gasteiger partial charge in [-0.05, 0) is 48.4 Å². The summed E-state index contributed by atoms with van der Waals surface area (Å²) in [4.78, 5) is 0. The topological polar surface area (TPSA) is 29.5 Å². The van der Waals surface area contributed by atoms with Gasteiger partial charge in [-0.3, -0.25) is 0 Å². The van der Waals surface area contributed by atoms with Gasteiger partial charge in [-0.2, -0.15) is 0 Å². The largest absolute Gasteiger partial charge is 0.489 e. The van der Waals surface area contributed by atoms with Gasteiger partial charge in [0.05, 0.1) is 0 Å². The van der Waals surface area contributed by atoms with E-state index in [2.05, 4.69) is 11.8 Å². The molecule has 0 aliphatic heterocycles. The van der Waals surface area contributed by atoms with Crippen LogP contribution < -0.4 is 4.74 Å². The molecular weight excluding hydrogens is 255 g/mol. The molecule has 0 saturated carbocycles. The van der Waals surface area contributed by atoms with Gasteiger partial charge in [-0.15, -0.1) is 0 Å². The van der Waals surface area contributed by atoms with E-state index in [4.69, 9.17) is 9.84 Å². The van der Waals surface area contributed by atoms with E-state index in [0.717, 1.165) is 22.4 Å². The van der Waals surface area contributed by atoms with Gasteiger partial charge >= 0.3 is 0 Å². The van der Waals surface area contributed by atoms with Crippen molar-refractivity contribution in [2.24, 2.45) is 0 Å². The summed E-state index contributed by atoms with van der Waals surface area (Å²) in [7, 11) is 0. The minimum Gasteiger partial charge on any atom is -0.489 e. The molecule has 0 bridgehead atoms. The molecule has 0 amide bonds. The fraction of sp³-hybridized carbons (Fsp3) is 0.176. The maximum absolute atomic E-state index is 13.1. The van der Waals surface area contributed by atoms with E-state index in [-0.39, 0.29) is 12.4 Å². The Labute approximate surface area is 117 Å². The predicted octanol–water partition coefficient (Wildman–Crippen LogP) is 3.06. The van der Waals surface area contributed by atoms with Gasteiger partial charge in [0.25, 0.3) is 0 Å². The highest BCUT2D eigenvalue weighted by atomic mass is 19.1. The molecule has 0 atom stereocenters. The lowest BCUT2D eigenvalue weighted by atomic mass is 10.1. The van der Waals surface area contributed by atoms with E-state index in [1.165, 1.54) is 12.1 Å². The Hall–Kier alpha value is -2.31. The maximum atomic E-state index is 13.1. The van der Waals surface area contributed by atoms with Crippen LogP contribution in [0.3, 0.4) is 0 Å². The summed E-state index contributed by atoms with van der Waals surface area (Å²) in [5.74, 6) is 5.91. The lowest BCUT2D eigenvalue weighted by Gasteiger charge is -2.09. The Kier molecular flexibility index (Phi) is 4.75. The van der Waals surface area contributed by atoms with Crippen LogP contribution >= 0.6 is 0 Å². The normalized spacial score (nSPS) is 9.75. The number of ether oxygens (including phenoxy) is 1. The third-order valence-electron chi connectivity index (χ3n) is 2.77. The van der Waals surface area contributed by atoms with Gasteiger partial charge in [0.15, 0.2) is 0 Å². The van der Waals surface area contributed by atoms with Gasteiger partial charge in [-0.1, -0.05) is 24.0 Å². The van der Waals surface area contributed by atoms with Crippen LogP contribution in [0.1, 0.15) is 16.7 Å². The van der Waals surface area contributed by atoms with Gasteiger partial charge in [-0.25, -0.2) is 4.39 Å². The number of hydrogen-bond acceptors (Lipinski definition) is 2. The van der Waals surface area contributed by atoms with Gasteiger partial charge < -0.3 is 9.84 Å². The Bertz CT molecular complexity index is 654. The number of aliphatic hydroxyl groups is 1. The van der Waals surface area contributed by atoms with Gasteiger partial charge in [0.1, 0.15) is 24.8 Å². The zero-order valence-corrected chi connectivity index (χ0v) is 11.2. The first-order chi connectivity index (χ1) is 9.69. The second-order valence-corrected chi connectivity index (χ2v) is 4.36. The molecule has 2 aromatic carbocycles. The summed E-state index contributed by atoms with van der Waals surface area (Å²) < 4.78 is 18.7. The summed E-state index contributed by atoms with van der Waals surface area (Å²) >= 11 is 0. The van der Waals surface area contributed by atoms with E-state index in [0.29, 0.717) is 6.61 Å². The van der Waals surface area contributed by atoms with E-state index in [1.807, 2.05) is 31.2 Å². The lowest BCUT2D eigenvalue weighted by Crippen LogP contribution is -1.97. The summed E-state index contributed by atoms with van der Waals surface area (Å²) in [5.41, 5.74) is 2.56. The van der Waals surface area contributed by atoms with E-state index in [1.54, 1.807) is 6.07 Å². The third kappa shape index (κ3) is 3.84. The first kappa shape index (κ1) is 14.1. The molecule has 0 fully saturated rings. The molecule has 0 spiro atoms. The summed E-state index contributed by atoms with van der Waals surface area (Å²) in [6.07, 6.45) is 0. The van der Waals surface area contributed by atoms with Crippen molar-refractivity contribution >= 4 is 0 Å². The van der Waals surface area contributed by atoms with Gasteiger partial charge in [0, 0.05) is 5.56 Å². The molecule has 0 heterocycles. The van der Waals surface area contributed by atoms with E-state index < -0.39 is 0 Å². The SMILES string of the molecule is Cc1cc(C#CCO)ccc1OCc1cccc(F)c1. The first-order valence-corrected chi connectivity index (χ1v) is 6.26. The highest BCUT2D eigenvalue weighted by Gasteiger charge is 2.02. The molecular formula is C17H15FO2. The number of aliphatic hydroxyl groups excluding tert-OH is 1. The van der Waals surface area contributed by atoms with Crippen molar-refractivity contribution in [1.29, 1.82) is 0 Å². The van der Waals surface area contributed by atoms with Gasteiger partial charge in [0.2, 0.25) is 0 Å². The molecule has 0 unspecified atom stereocenters. The molecule has 102 valence electrons. The van der Waals surface area contributed by atoms with Crippen molar-refractivity contribution in [3.8, 4) is 17.6 Å². The Balaban J connectivity index is 2.06. The molecule has 2 nitrogen and oxygen atoms in total. The van der Waals surface area contributed by atoms with Crippen LogP contribution in [-0.2, 0) is 6.61 Å². The van der Waals surface area contributed by atoms with Crippen molar-refractivity contribution in [1.82, 2.24) is 0 Å². The fourth-order valence-electron chi connectivity index (χ4n) is 1.82. The molecule has 0 aromatic heterocycles. The molecule has 2 rings (SSSR count). The number of rotatable bonds is 3. The number of halogens is 1. The Morgan fingerprint density at radius 1 is 1.20 bits per heavy atom. The molecule has 3 heteroatoms. The standard InChI is InChI=1S/C17H15FO2/c1-13-10-14(5-3-9-19)7-8-17(13)20-12-15-4-2-6-16(18)11-15/h2,4,6-8,10-11,19H,9,12H2,1H3. The van der Waals surface area contributed by atoms with Crippen LogP contribution in [0.4, 0.5) is 4.39 Å². The van der Waals surface area contributed by atoms with Crippen LogP contribution in [-0.4, -0.2) is 11.7 Å². The number of hydrogen-bond donors (Lipinski definition) is 1. The molecule has 0 aliphatic carbocycles. The van der Waals surface area contributed by atoms with Crippen LogP contribution in [0.15, 0.2) is 42.5 Å². The molecule has 20 heavy (non-hydrogen) atoms. The summed E-state index contributed by atoms with van der Waals surface area (Å²) in [5, 5.41) is 8.66. The first-order valence-electron chi connectivity index (χ1n) is 6.26. The smallest absolute Gasteiger partial charge is 0.123 e. The van der Waals surface area contributed by atoms with Crippen molar-refractivity contribution in [3.05, 3.63) is 65.0 Å². The van der Waals surface area contributed by atoms with Crippen molar-refractivity contribution < 1.29 is 14.2 Å². The molecule has 0 saturated heterocycles. The molecule has 0 radical (unpaired) electrons. The van der Waals surface area contributed by atoms with E-state index >= 15 is 0 Å². The predicted molar refractivity (Wildman–Crippen MR) is 75.9 cm³/mol. The molecule has 1 N–H and O–H groups in total. The minimum absolute atomic E-state index is 0.156. The van der Waals surface area contributed by atoms with E-state index in [9.17, 15) is 4.39 Å². The third-order valence-corrected chi connectivity index (χ3v) is 2.77. The second-order valence-electron chi connectivity index (χ2n) is 4.36. The Morgan fingerprint density at radius 2 is 2.05 bits per heavy atom. The zero-order valence-electron chi connectivity index (χ0n) is 11.2. The second kappa shape index (κ2) is 6.74. The van der Waals surface area contributed by atoms with Crippen molar-refractivity contribution in [2.45, 2.75) is 13.5 Å². The minimum atomic E-state index is -0.266. The molecule has 2 aromatic rings. The number of aryl methyl sites for hydroxylation is 1. The zero-order chi connectivity index (χ0) is 14.4. The van der Waals surface area contributed by atoms with Crippen LogP contribution in [0.2, 0.25) is 0 Å². The maximum Gasteiger partial charge on any atom is 0.123 e. The monoisotopic (exact) mass is 270 g/mol. The van der Waals surface area contributed by atoms with Crippen LogP contribution in [0, 0.1) is 24.6 Å². The van der Waals surface area contributed by atoms with Crippen LogP contribution in [0.25, 0.3) is 0 Å². The van der Waals surface area contributed by atoms with Crippen LogP contribution in [0.5, 0.6) is 5.75 Å². The fourth-order valence-corrected chi connectivity index (χ4v) is 1.82. The lowest BCUT2D eigenvalue weighted by molar-refractivity contribution is 0.303. The average molecular weight is 270 g/mol. The van der Waals surface area contributed by atoms with Crippen molar-refractivity contribution in [2.75, 3.05) is 6.61 Å². The van der Waals surface area contributed by atoms with Crippen molar-refractivity contribution in [3.63, 3.8) is 0 Å². The summed E-state index contributed by atoms with van der Waals surface area (Å²) in [6, 6.07) is 11.9. The highest BCUT2D eigenvalue weighted by molar-refractivity contribution is 5.43. The summed E-state index contributed by atoms with van der Waals surface area (Å²) in [6.45, 7) is 2.09. The Morgan fingerprint density at radius 3 is 2.75 bits per heavy atom. The molecule has 0 aliphatic rings. The average Bonchev–Trinajstić information content (AvgIpc) is 2.44. The highest BCUT2D eigenvalue weighted by Crippen LogP contribution is 2.20.